The number of nitrogens with zero attached hydrogens (tertiary/aromatic N) is 2. The number of carboxylic acids is 1. The average Bonchev–Trinajstić information content (AvgIpc) is 2.78. The van der Waals surface area contributed by atoms with E-state index in [9.17, 15) is 9.59 Å². The van der Waals surface area contributed by atoms with Crippen LogP contribution in [0.2, 0.25) is 0 Å². The summed E-state index contributed by atoms with van der Waals surface area (Å²) in [7, 11) is 1.88. The molecule has 2 bridgehead atoms. The number of likely N-dealkylation sites (N-methyl/N-ethyl adjacent to an activating group) is 1. The smallest absolute Gasteiger partial charge is 0.303 e. The zero-order valence-corrected chi connectivity index (χ0v) is 11.4. The predicted molar refractivity (Wildman–Crippen MR) is 69.7 cm³/mol. The van der Waals surface area contributed by atoms with Crippen LogP contribution in [0.25, 0.3) is 0 Å². The lowest BCUT2D eigenvalue weighted by atomic mass is 9.87. The van der Waals surface area contributed by atoms with Gasteiger partial charge in [-0.1, -0.05) is 0 Å². The first-order chi connectivity index (χ1) is 9.06. The number of fused-ring (bicyclic) bond motifs is 2. The molecule has 3 heterocycles. The fourth-order valence-electron chi connectivity index (χ4n) is 4.33. The summed E-state index contributed by atoms with van der Waals surface area (Å²) in [4.78, 5) is 27.3. The van der Waals surface area contributed by atoms with E-state index in [4.69, 9.17) is 5.11 Å². The average molecular weight is 266 g/mol. The van der Waals surface area contributed by atoms with E-state index in [0.717, 1.165) is 38.6 Å². The second-order valence-electron chi connectivity index (χ2n) is 6.33. The van der Waals surface area contributed by atoms with Crippen LogP contribution in [0.15, 0.2) is 0 Å². The van der Waals surface area contributed by atoms with E-state index in [1.165, 1.54) is 0 Å². The van der Waals surface area contributed by atoms with Gasteiger partial charge in [-0.15, -0.1) is 0 Å². The fraction of sp³-hybridized carbons (Fsp3) is 0.857. The lowest BCUT2D eigenvalue weighted by molar-refractivity contribution is -0.139. The fourth-order valence-corrected chi connectivity index (χ4v) is 4.33. The highest BCUT2D eigenvalue weighted by Gasteiger charge is 2.48. The summed E-state index contributed by atoms with van der Waals surface area (Å²) in [6.07, 6.45) is 5.40. The summed E-state index contributed by atoms with van der Waals surface area (Å²) >= 11 is 0. The van der Waals surface area contributed by atoms with Gasteiger partial charge in [0.25, 0.3) is 0 Å². The molecule has 0 radical (unpaired) electrons. The molecule has 1 N–H and O–H groups in total. The molecule has 5 nitrogen and oxygen atoms in total. The maximum absolute atomic E-state index is 12.2. The standard InChI is InChI=1S/C14H22N2O3/c1-15-5-4-12(14(15)19)16-10-2-3-11(16)7-9(6-10)8-13(17)18/h9-12H,2-8H2,1H3,(H,17,18). The summed E-state index contributed by atoms with van der Waals surface area (Å²) < 4.78 is 0. The lowest BCUT2D eigenvalue weighted by Gasteiger charge is -2.41. The molecule has 3 aliphatic heterocycles. The molecule has 3 fully saturated rings. The van der Waals surface area contributed by atoms with E-state index in [2.05, 4.69) is 4.90 Å². The van der Waals surface area contributed by atoms with Gasteiger partial charge >= 0.3 is 5.97 Å². The number of hydrogen-bond donors (Lipinski definition) is 1. The Balaban J connectivity index is 1.70. The normalized spacial score (nSPS) is 39.0. The Morgan fingerprint density at radius 1 is 1.26 bits per heavy atom. The molecule has 3 unspecified atom stereocenters. The Bertz CT molecular complexity index is 384. The molecule has 19 heavy (non-hydrogen) atoms. The van der Waals surface area contributed by atoms with E-state index >= 15 is 0 Å². The first-order valence-electron chi connectivity index (χ1n) is 7.30. The van der Waals surface area contributed by atoms with Gasteiger partial charge in [-0.05, 0) is 38.0 Å². The van der Waals surface area contributed by atoms with Crippen molar-refractivity contribution in [3.8, 4) is 0 Å². The number of hydrogen-bond acceptors (Lipinski definition) is 3. The molecule has 0 saturated carbocycles. The summed E-state index contributed by atoms with van der Waals surface area (Å²) in [5.41, 5.74) is 0. The molecular weight excluding hydrogens is 244 g/mol. The minimum Gasteiger partial charge on any atom is -0.481 e. The zero-order valence-electron chi connectivity index (χ0n) is 11.4. The SMILES string of the molecule is CN1CCC(N2C3CCC2CC(CC(=O)O)C3)C1=O. The Morgan fingerprint density at radius 2 is 1.89 bits per heavy atom. The zero-order chi connectivity index (χ0) is 13.6. The monoisotopic (exact) mass is 266 g/mol. The van der Waals surface area contributed by atoms with Crippen molar-refractivity contribution < 1.29 is 14.7 Å². The Kier molecular flexibility index (Phi) is 3.25. The lowest BCUT2D eigenvalue weighted by Crippen LogP contribution is -2.51. The molecule has 0 aromatic carbocycles. The molecule has 0 spiro atoms. The molecule has 0 aromatic rings. The predicted octanol–water partition coefficient (Wildman–Crippen LogP) is 0.935. The highest BCUT2D eigenvalue weighted by Crippen LogP contribution is 2.42. The van der Waals surface area contributed by atoms with Crippen LogP contribution in [-0.4, -0.2) is 58.5 Å². The Hall–Kier alpha value is -1.10. The molecule has 0 aromatic heterocycles. The summed E-state index contributed by atoms with van der Waals surface area (Å²) in [6.45, 7) is 0.859. The van der Waals surface area contributed by atoms with Gasteiger partial charge in [0.1, 0.15) is 0 Å². The van der Waals surface area contributed by atoms with Crippen molar-refractivity contribution in [3.05, 3.63) is 0 Å². The largest absolute Gasteiger partial charge is 0.481 e. The molecule has 5 heteroatoms. The molecule has 106 valence electrons. The second kappa shape index (κ2) is 4.78. The van der Waals surface area contributed by atoms with E-state index in [0.29, 0.717) is 24.4 Å². The number of carbonyl (C=O) groups is 2. The number of aliphatic carboxylic acids is 1. The van der Waals surface area contributed by atoms with Gasteiger partial charge in [0.05, 0.1) is 6.04 Å². The molecule has 0 aliphatic carbocycles. The summed E-state index contributed by atoms with van der Waals surface area (Å²) in [5.74, 6) is -0.122. The van der Waals surface area contributed by atoms with Crippen LogP contribution in [-0.2, 0) is 9.59 Å². The van der Waals surface area contributed by atoms with Crippen LogP contribution < -0.4 is 0 Å². The van der Waals surface area contributed by atoms with Gasteiger partial charge in [0.2, 0.25) is 5.91 Å². The number of rotatable bonds is 3. The number of carboxylic acid groups (broad SMARTS) is 1. The van der Waals surface area contributed by atoms with Crippen LogP contribution in [0.5, 0.6) is 0 Å². The number of amides is 1. The molecular formula is C14H22N2O3. The number of piperidine rings is 1. The van der Waals surface area contributed by atoms with Crippen LogP contribution >= 0.6 is 0 Å². The van der Waals surface area contributed by atoms with Gasteiger partial charge in [-0.3, -0.25) is 14.5 Å². The Labute approximate surface area is 113 Å². The van der Waals surface area contributed by atoms with Gasteiger partial charge < -0.3 is 10.0 Å². The van der Waals surface area contributed by atoms with Gasteiger partial charge in [-0.2, -0.15) is 0 Å². The Morgan fingerprint density at radius 3 is 2.37 bits per heavy atom. The second-order valence-corrected chi connectivity index (χ2v) is 6.33. The van der Waals surface area contributed by atoms with Crippen molar-refractivity contribution in [1.82, 2.24) is 9.80 Å². The maximum atomic E-state index is 12.2. The number of likely N-dealkylation sites (tertiary alicyclic amines) is 1. The summed E-state index contributed by atoms with van der Waals surface area (Å²) in [6, 6.07) is 0.931. The summed E-state index contributed by atoms with van der Waals surface area (Å²) in [5, 5.41) is 8.94. The topological polar surface area (TPSA) is 60.9 Å². The molecule has 3 atom stereocenters. The quantitative estimate of drug-likeness (QED) is 0.825. The highest BCUT2D eigenvalue weighted by atomic mass is 16.4. The van der Waals surface area contributed by atoms with Gasteiger partial charge in [-0.25, -0.2) is 0 Å². The minimum absolute atomic E-state index is 0.0632. The highest BCUT2D eigenvalue weighted by molar-refractivity contribution is 5.83. The van der Waals surface area contributed by atoms with E-state index in [-0.39, 0.29) is 11.9 Å². The molecule has 3 aliphatic rings. The molecule has 1 amide bonds. The van der Waals surface area contributed by atoms with Crippen molar-refractivity contribution in [3.63, 3.8) is 0 Å². The van der Waals surface area contributed by atoms with Crippen LogP contribution in [0.3, 0.4) is 0 Å². The van der Waals surface area contributed by atoms with Crippen molar-refractivity contribution in [2.75, 3.05) is 13.6 Å². The van der Waals surface area contributed by atoms with Crippen molar-refractivity contribution in [2.45, 2.75) is 56.7 Å². The van der Waals surface area contributed by atoms with Gasteiger partial charge in [0.15, 0.2) is 0 Å². The number of carbonyl (C=O) groups excluding carboxylic acids is 1. The third kappa shape index (κ3) is 2.24. The minimum atomic E-state index is -0.686. The first kappa shape index (κ1) is 12.9. The first-order valence-corrected chi connectivity index (χ1v) is 7.30. The van der Waals surface area contributed by atoms with E-state index in [1.807, 2.05) is 11.9 Å². The molecule has 3 saturated heterocycles. The van der Waals surface area contributed by atoms with Crippen LogP contribution in [0, 0.1) is 5.92 Å². The third-order valence-corrected chi connectivity index (χ3v) is 5.11. The third-order valence-electron chi connectivity index (χ3n) is 5.11. The van der Waals surface area contributed by atoms with Crippen molar-refractivity contribution in [2.24, 2.45) is 5.92 Å². The maximum Gasteiger partial charge on any atom is 0.303 e. The van der Waals surface area contributed by atoms with E-state index < -0.39 is 5.97 Å². The van der Waals surface area contributed by atoms with Crippen LogP contribution in [0.4, 0.5) is 0 Å². The van der Waals surface area contributed by atoms with Crippen molar-refractivity contribution in [1.29, 1.82) is 0 Å². The molecule has 3 rings (SSSR count). The van der Waals surface area contributed by atoms with Gasteiger partial charge in [0, 0.05) is 32.1 Å². The van der Waals surface area contributed by atoms with Crippen LogP contribution in [0.1, 0.15) is 38.5 Å². The van der Waals surface area contributed by atoms with E-state index in [1.54, 1.807) is 0 Å². The van der Waals surface area contributed by atoms with Crippen molar-refractivity contribution >= 4 is 11.9 Å².